The van der Waals surface area contributed by atoms with Gasteiger partial charge in [0, 0.05) is 24.3 Å². The van der Waals surface area contributed by atoms with Crippen LogP contribution in [-0.4, -0.2) is 31.4 Å². The molecule has 1 aromatic carbocycles. The highest BCUT2D eigenvalue weighted by Gasteiger charge is 2.06. The summed E-state index contributed by atoms with van der Waals surface area (Å²) in [6.45, 7) is 0.706. The van der Waals surface area contributed by atoms with E-state index in [1.165, 1.54) is 0 Å². The molecule has 0 fully saturated rings. The third-order valence-corrected chi connectivity index (χ3v) is 2.05. The van der Waals surface area contributed by atoms with E-state index in [1.54, 1.807) is 24.3 Å². The summed E-state index contributed by atoms with van der Waals surface area (Å²) in [5.74, 6) is -0.577. The Morgan fingerprint density at radius 3 is 2.35 bits per heavy atom. The van der Waals surface area contributed by atoms with Crippen LogP contribution in [0, 0.1) is 0 Å². The van der Waals surface area contributed by atoms with Crippen molar-refractivity contribution in [2.45, 2.75) is 0 Å². The number of nitrogens with one attached hydrogen (secondary N) is 2. The molecule has 0 spiro atoms. The van der Waals surface area contributed by atoms with Crippen molar-refractivity contribution in [1.82, 2.24) is 10.6 Å². The fraction of sp³-hybridized carbons (Fsp3) is 0.273. The molecule has 0 aliphatic carbocycles. The minimum Gasteiger partial charge on any atom is -0.399 e. The summed E-state index contributed by atoms with van der Waals surface area (Å²) in [6.07, 6.45) is 0. The number of anilines is 1. The van der Waals surface area contributed by atoms with Crippen LogP contribution in [0.5, 0.6) is 0 Å². The predicted octanol–water partition coefficient (Wildman–Crippen LogP) is -0.926. The van der Waals surface area contributed by atoms with Crippen LogP contribution in [0.25, 0.3) is 0 Å². The molecule has 6 nitrogen and oxygen atoms in total. The summed E-state index contributed by atoms with van der Waals surface area (Å²) in [7, 11) is 0. The average molecular weight is 236 g/mol. The number of carbonyl (C=O) groups is 2. The van der Waals surface area contributed by atoms with Crippen LogP contribution in [0.4, 0.5) is 5.69 Å². The third-order valence-electron chi connectivity index (χ3n) is 2.05. The van der Waals surface area contributed by atoms with Crippen molar-refractivity contribution in [1.29, 1.82) is 0 Å². The smallest absolute Gasteiger partial charge is 0.251 e. The molecule has 17 heavy (non-hydrogen) atoms. The fourth-order valence-electron chi connectivity index (χ4n) is 1.17. The van der Waals surface area contributed by atoms with Gasteiger partial charge in [0.25, 0.3) is 5.91 Å². The van der Waals surface area contributed by atoms with Crippen molar-refractivity contribution in [3.63, 3.8) is 0 Å². The largest absolute Gasteiger partial charge is 0.399 e. The number of rotatable bonds is 5. The van der Waals surface area contributed by atoms with Crippen LogP contribution in [0.2, 0.25) is 0 Å². The van der Waals surface area contributed by atoms with E-state index in [2.05, 4.69) is 10.6 Å². The summed E-state index contributed by atoms with van der Waals surface area (Å²) in [5.41, 5.74) is 11.8. The highest BCUT2D eigenvalue weighted by Crippen LogP contribution is 2.04. The molecule has 0 radical (unpaired) electrons. The lowest BCUT2D eigenvalue weighted by Crippen LogP contribution is -2.38. The highest BCUT2D eigenvalue weighted by atomic mass is 16.2. The van der Waals surface area contributed by atoms with Gasteiger partial charge in [-0.2, -0.15) is 0 Å². The van der Waals surface area contributed by atoms with Gasteiger partial charge < -0.3 is 22.1 Å². The molecular formula is C11H16N4O2. The van der Waals surface area contributed by atoms with E-state index in [4.69, 9.17) is 11.5 Å². The molecule has 1 rings (SSSR count). The predicted molar refractivity (Wildman–Crippen MR) is 65.3 cm³/mol. The summed E-state index contributed by atoms with van der Waals surface area (Å²) >= 11 is 0. The Kier molecular flexibility index (Phi) is 4.96. The van der Waals surface area contributed by atoms with E-state index in [0.29, 0.717) is 24.3 Å². The van der Waals surface area contributed by atoms with Gasteiger partial charge in [-0.25, -0.2) is 0 Å². The fourth-order valence-corrected chi connectivity index (χ4v) is 1.17. The zero-order chi connectivity index (χ0) is 12.7. The lowest BCUT2D eigenvalue weighted by molar-refractivity contribution is -0.120. The van der Waals surface area contributed by atoms with E-state index < -0.39 is 0 Å². The molecule has 6 N–H and O–H groups in total. The summed E-state index contributed by atoms with van der Waals surface area (Å²) in [6, 6.07) is 6.46. The van der Waals surface area contributed by atoms with Crippen LogP contribution < -0.4 is 22.1 Å². The van der Waals surface area contributed by atoms with Crippen molar-refractivity contribution in [2.24, 2.45) is 5.73 Å². The van der Waals surface area contributed by atoms with Crippen molar-refractivity contribution in [2.75, 3.05) is 25.4 Å². The number of nitrogen functional groups attached to an aromatic ring is 1. The molecule has 0 saturated carbocycles. The maximum atomic E-state index is 11.6. The first-order chi connectivity index (χ1) is 8.13. The minimum absolute atomic E-state index is 0.0663. The van der Waals surface area contributed by atoms with Crippen molar-refractivity contribution in [3.8, 4) is 0 Å². The maximum absolute atomic E-state index is 11.6. The van der Waals surface area contributed by atoms with Gasteiger partial charge >= 0.3 is 0 Å². The van der Waals surface area contributed by atoms with Crippen molar-refractivity contribution in [3.05, 3.63) is 29.8 Å². The van der Waals surface area contributed by atoms with Crippen LogP contribution >= 0.6 is 0 Å². The van der Waals surface area contributed by atoms with Crippen LogP contribution in [-0.2, 0) is 4.79 Å². The van der Waals surface area contributed by atoms with E-state index >= 15 is 0 Å². The van der Waals surface area contributed by atoms with Crippen LogP contribution in [0.1, 0.15) is 10.4 Å². The van der Waals surface area contributed by atoms with Gasteiger partial charge in [0.15, 0.2) is 0 Å². The second-order valence-corrected chi connectivity index (χ2v) is 3.44. The molecule has 1 aromatic rings. The molecule has 0 aliphatic rings. The lowest BCUT2D eigenvalue weighted by atomic mass is 10.2. The Balaban J connectivity index is 2.39. The van der Waals surface area contributed by atoms with Gasteiger partial charge in [0.1, 0.15) is 0 Å². The van der Waals surface area contributed by atoms with Gasteiger partial charge in [0.05, 0.1) is 6.54 Å². The highest BCUT2D eigenvalue weighted by molar-refractivity contribution is 5.96. The van der Waals surface area contributed by atoms with E-state index in [9.17, 15) is 9.59 Å². The standard InChI is InChI=1S/C11H16N4O2/c12-5-6-14-10(16)7-15-11(17)8-1-3-9(13)4-2-8/h1-4H,5-7,12-13H2,(H,14,16)(H,15,17). The zero-order valence-electron chi connectivity index (χ0n) is 9.40. The average Bonchev–Trinajstić information content (AvgIpc) is 2.34. The van der Waals surface area contributed by atoms with Gasteiger partial charge in [-0.3, -0.25) is 9.59 Å². The number of nitrogens with two attached hydrogens (primary N) is 2. The number of hydrogen-bond acceptors (Lipinski definition) is 4. The molecule has 6 heteroatoms. The Bertz CT molecular complexity index is 389. The van der Waals surface area contributed by atoms with Crippen LogP contribution in [0.15, 0.2) is 24.3 Å². The quantitative estimate of drug-likeness (QED) is 0.495. The Morgan fingerprint density at radius 1 is 1.12 bits per heavy atom. The molecule has 0 aromatic heterocycles. The van der Waals surface area contributed by atoms with E-state index in [1.807, 2.05) is 0 Å². The van der Waals surface area contributed by atoms with E-state index in [-0.39, 0.29) is 18.4 Å². The number of benzene rings is 1. The lowest BCUT2D eigenvalue weighted by Gasteiger charge is -2.06. The molecule has 92 valence electrons. The molecule has 0 unspecified atom stereocenters. The van der Waals surface area contributed by atoms with Gasteiger partial charge in [-0.1, -0.05) is 0 Å². The zero-order valence-corrected chi connectivity index (χ0v) is 9.40. The van der Waals surface area contributed by atoms with Crippen molar-refractivity contribution < 1.29 is 9.59 Å². The number of hydrogen-bond donors (Lipinski definition) is 4. The first kappa shape index (κ1) is 13.0. The first-order valence-corrected chi connectivity index (χ1v) is 5.24. The SMILES string of the molecule is NCCNC(=O)CNC(=O)c1ccc(N)cc1. The normalized spacial score (nSPS) is 9.71. The Labute approximate surface area is 99.4 Å². The monoisotopic (exact) mass is 236 g/mol. The van der Waals surface area contributed by atoms with Crippen LogP contribution in [0.3, 0.4) is 0 Å². The maximum Gasteiger partial charge on any atom is 0.251 e. The second-order valence-electron chi connectivity index (χ2n) is 3.44. The van der Waals surface area contributed by atoms with Gasteiger partial charge in [0.2, 0.25) is 5.91 Å². The summed E-state index contributed by atoms with van der Waals surface area (Å²) in [4.78, 5) is 22.8. The van der Waals surface area contributed by atoms with Gasteiger partial charge in [-0.05, 0) is 24.3 Å². The number of carbonyl (C=O) groups excluding carboxylic acids is 2. The topological polar surface area (TPSA) is 110 Å². The summed E-state index contributed by atoms with van der Waals surface area (Å²) < 4.78 is 0. The molecule has 0 atom stereocenters. The summed E-state index contributed by atoms with van der Waals surface area (Å²) in [5, 5.41) is 5.04. The first-order valence-electron chi connectivity index (χ1n) is 5.24. The second kappa shape index (κ2) is 6.49. The molecular weight excluding hydrogens is 220 g/mol. The molecule has 0 saturated heterocycles. The number of amides is 2. The van der Waals surface area contributed by atoms with Crippen molar-refractivity contribution >= 4 is 17.5 Å². The molecule has 0 aliphatic heterocycles. The Hall–Kier alpha value is -2.08. The third kappa shape index (κ3) is 4.52. The molecule has 2 amide bonds. The minimum atomic E-state index is -0.312. The van der Waals surface area contributed by atoms with Gasteiger partial charge in [-0.15, -0.1) is 0 Å². The Morgan fingerprint density at radius 2 is 1.76 bits per heavy atom. The van der Waals surface area contributed by atoms with E-state index in [0.717, 1.165) is 0 Å². The molecule has 0 heterocycles. The molecule has 0 bridgehead atoms.